The van der Waals surface area contributed by atoms with Crippen molar-refractivity contribution in [1.29, 1.82) is 0 Å². The Kier molecular flexibility index (Phi) is 8.25. The molecule has 2 amide bonds. The number of rotatable bonds is 9. The third-order valence-electron chi connectivity index (χ3n) is 3.68. The first-order valence-corrected chi connectivity index (χ1v) is 9.45. The summed E-state index contributed by atoms with van der Waals surface area (Å²) in [6, 6.07) is 9.61. The lowest BCUT2D eigenvalue weighted by atomic mass is 10.2. The van der Waals surface area contributed by atoms with E-state index in [0.717, 1.165) is 12.2 Å². The Morgan fingerprint density at radius 1 is 0.967 bits per heavy atom. The molecule has 30 heavy (non-hydrogen) atoms. The summed E-state index contributed by atoms with van der Waals surface area (Å²) in [7, 11) is 0. The van der Waals surface area contributed by atoms with Gasteiger partial charge in [0, 0.05) is 24.3 Å². The minimum Gasteiger partial charge on any atom is -0.492 e. The van der Waals surface area contributed by atoms with E-state index in [0.29, 0.717) is 29.7 Å². The highest BCUT2D eigenvalue weighted by atomic mass is 35.5. The topological polar surface area (TPSA) is 114 Å². The van der Waals surface area contributed by atoms with Crippen LogP contribution in [0.3, 0.4) is 0 Å². The number of benzene rings is 2. The summed E-state index contributed by atoms with van der Waals surface area (Å²) in [6.07, 6.45) is 1.60. The summed E-state index contributed by atoms with van der Waals surface area (Å²) in [4.78, 5) is 35.2. The van der Waals surface area contributed by atoms with Gasteiger partial charge in [-0.2, -0.15) is 0 Å². The number of carbonyl (C=O) groups is 3. The maximum atomic E-state index is 12.6. The number of hydrogen-bond donors (Lipinski definition) is 3. The molecule has 0 radical (unpaired) electrons. The molecular weight excluding hydrogens is 412 g/mol. The molecule has 0 bridgehead atoms. The fourth-order valence-electron chi connectivity index (χ4n) is 2.46. The average Bonchev–Trinajstić information content (AvgIpc) is 2.70. The van der Waals surface area contributed by atoms with Crippen LogP contribution >= 0.6 is 11.6 Å². The Hall–Kier alpha value is -3.52. The van der Waals surface area contributed by atoms with Gasteiger partial charge in [0.2, 0.25) is 5.91 Å². The molecule has 0 fully saturated rings. The Balaban J connectivity index is 2.39. The van der Waals surface area contributed by atoms with E-state index in [-0.39, 0.29) is 17.0 Å². The van der Waals surface area contributed by atoms with Gasteiger partial charge in [-0.25, -0.2) is 4.79 Å². The molecule has 0 aliphatic rings. The molecule has 0 atom stereocenters. The molecule has 2 rings (SSSR count). The summed E-state index contributed by atoms with van der Waals surface area (Å²) in [6.45, 7) is 4.12. The number of carbonyl (C=O) groups excluding carboxylic acids is 2. The van der Waals surface area contributed by atoms with Gasteiger partial charge in [-0.05, 0) is 26.0 Å². The van der Waals surface area contributed by atoms with Crippen molar-refractivity contribution < 1.29 is 29.0 Å². The van der Waals surface area contributed by atoms with Crippen LogP contribution in [-0.4, -0.2) is 36.1 Å². The number of nitrogens with one attached hydrogen (secondary N) is 2. The molecule has 0 aromatic heterocycles. The van der Waals surface area contributed by atoms with Crippen LogP contribution in [0.4, 0.5) is 11.4 Å². The van der Waals surface area contributed by atoms with E-state index in [1.165, 1.54) is 12.1 Å². The van der Waals surface area contributed by atoms with Crippen molar-refractivity contribution in [3.05, 3.63) is 59.1 Å². The molecule has 0 aliphatic carbocycles. The maximum absolute atomic E-state index is 12.6. The van der Waals surface area contributed by atoms with Crippen LogP contribution in [0.25, 0.3) is 0 Å². The number of halogens is 1. The minimum atomic E-state index is -1.25. The Morgan fingerprint density at radius 2 is 1.53 bits per heavy atom. The molecule has 9 heteroatoms. The standard InChI is InChI=1S/C21H21ClN2O6/c1-3-29-17-12-16(24-21(28)13-7-5-6-8-14(13)22)18(30-4-2)11-15(17)23-19(25)9-10-20(26)27/h5-12H,3-4H2,1-2H3,(H,23,25)(H,24,28)(H,26,27)/b10-9+. The van der Waals surface area contributed by atoms with Crippen LogP contribution in [0.5, 0.6) is 11.5 Å². The number of ether oxygens (including phenoxy) is 2. The summed E-state index contributed by atoms with van der Waals surface area (Å²) in [5.74, 6) is -1.78. The monoisotopic (exact) mass is 432 g/mol. The van der Waals surface area contributed by atoms with Gasteiger partial charge in [-0.15, -0.1) is 0 Å². The highest BCUT2D eigenvalue weighted by molar-refractivity contribution is 6.34. The molecule has 0 unspecified atom stereocenters. The van der Waals surface area contributed by atoms with Crippen LogP contribution in [0.15, 0.2) is 48.6 Å². The lowest BCUT2D eigenvalue weighted by molar-refractivity contribution is -0.131. The number of aliphatic carboxylic acids is 1. The predicted octanol–water partition coefficient (Wildman–Crippen LogP) is 3.97. The van der Waals surface area contributed by atoms with Crippen molar-refractivity contribution in [3.8, 4) is 11.5 Å². The largest absolute Gasteiger partial charge is 0.492 e. The molecule has 2 aromatic rings. The second kappa shape index (κ2) is 10.9. The minimum absolute atomic E-state index is 0.260. The van der Waals surface area contributed by atoms with Crippen molar-refractivity contribution in [1.82, 2.24) is 0 Å². The van der Waals surface area contributed by atoms with Gasteiger partial charge in [-0.3, -0.25) is 9.59 Å². The number of amides is 2. The first kappa shape index (κ1) is 22.8. The van der Waals surface area contributed by atoms with E-state index in [1.807, 2.05) is 0 Å². The van der Waals surface area contributed by atoms with Crippen LogP contribution in [-0.2, 0) is 9.59 Å². The van der Waals surface area contributed by atoms with Crippen molar-refractivity contribution >= 4 is 40.8 Å². The molecule has 0 heterocycles. The third-order valence-corrected chi connectivity index (χ3v) is 4.01. The zero-order valence-electron chi connectivity index (χ0n) is 16.4. The number of carboxylic acids is 1. The van der Waals surface area contributed by atoms with E-state index in [4.69, 9.17) is 26.2 Å². The molecule has 0 aliphatic heterocycles. The molecule has 0 spiro atoms. The molecule has 0 saturated carbocycles. The van der Waals surface area contributed by atoms with Crippen molar-refractivity contribution in [2.24, 2.45) is 0 Å². The quantitative estimate of drug-likeness (QED) is 0.516. The van der Waals surface area contributed by atoms with Crippen LogP contribution < -0.4 is 20.1 Å². The SMILES string of the molecule is CCOc1cc(NC(=O)c2ccccc2Cl)c(OCC)cc1NC(=O)/C=C/C(=O)O. The Morgan fingerprint density at radius 3 is 2.07 bits per heavy atom. The molecule has 8 nitrogen and oxygen atoms in total. The average molecular weight is 433 g/mol. The number of carboxylic acid groups (broad SMARTS) is 1. The normalized spacial score (nSPS) is 10.5. The van der Waals surface area contributed by atoms with Gasteiger partial charge in [-0.1, -0.05) is 23.7 Å². The van der Waals surface area contributed by atoms with E-state index < -0.39 is 17.8 Å². The van der Waals surface area contributed by atoms with Crippen molar-refractivity contribution in [3.63, 3.8) is 0 Å². The lowest BCUT2D eigenvalue weighted by Crippen LogP contribution is -2.15. The highest BCUT2D eigenvalue weighted by Crippen LogP contribution is 2.37. The molecular formula is C21H21ClN2O6. The van der Waals surface area contributed by atoms with Gasteiger partial charge in [0.1, 0.15) is 11.5 Å². The fraction of sp³-hybridized carbons (Fsp3) is 0.190. The zero-order chi connectivity index (χ0) is 22.1. The van der Waals surface area contributed by atoms with Gasteiger partial charge in [0.05, 0.1) is 35.2 Å². The first-order valence-electron chi connectivity index (χ1n) is 9.07. The lowest BCUT2D eigenvalue weighted by Gasteiger charge is -2.17. The third kappa shape index (κ3) is 6.25. The van der Waals surface area contributed by atoms with Crippen LogP contribution in [0, 0.1) is 0 Å². The van der Waals surface area contributed by atoms with Gasteiger partial charge < -0.3 is 25.2 Å². The maximum Gasteiger partial charge on any atom is 0.328 e. The van der Waals surface area contributed by atoms with Gasteiger partial charge in [0.15, 0.2) is 0 Å². The van der Waals surface area contributed by atoms with E-state index >= 15 is 0 Å². The molecule has 158 valence electrons. The molecule has 2 aromatic carbocycles. The summed E-state index contributed by atoms with van der Waals surface area (Å²) >= 11 is 6.09. The fourth-order valence-corrected chi connectivity index (χ4v) is 2.68. The van der Waals surface area contributed by atoms with Crippen molar-refractivity contribution in [2.75, 3.05) is 23.8 Å². The molecule has 0 saturated heterocycles. The zero-order valence-corrected chi connectivity index (χ0v) is 17.2. The first-order chi connectivity index (χ1) is 14.3. The number of hydrogen-bond acceptors (Lipinski definition) is 5. The summed E-state index contributed by atoms with van der Waals surface area (Å²) < 4.78 is 11.2. The summed E-state index contributed by atoms with van der Waals surface area (Å²) in [5.41, 5.74) is 0.871. The second-order valence-electron chi connectivity index (χ2n) is 5.81. The Labute approximate surface area is 178 Å². The van der Waals surface area contributed by atoms with Crippen LogP contribution in [0.1, 0.15) is 24.2 Å². The van der Waals surface area contributed by atoms with Gasteiger partial charge >= 0.3 is 5.97 Å². The number of anilines is 2. The van der Waals surface area contributed by atoms with E-state index in [2.05, 4.69) is 10.6 Å². The van der Waals surface area contributed by atoms with Crippen molar-refractivity contribution in [2.45, 2.75) is 13.8 Å². The molecule has 3 N–H and O–H groups in total. The van der Waals surface area contributed by atoms with E-state index in [1.54, 1.807) is 38.1 Å². The van der Waals surface area contributed by atoms with Gasteiger partial charge in [0.25, 0.3) is 5.91 Å². The Bertz CT molecular complexity index is 974. The smallest absolute Gasteiger partial charge is 0.328 e. The van der Waals surface area contributed by atoms with Crippen LogP contribution in [0.2, 0.25) is 5.02 Å². The second-order valence-corrected chi connectivity index (χ2v) is 6.21. The summed E-state index contributed by atoms with van der Waals surface area (Å²) in [5, 5.41) is 14.2. The van der Waals surface area contributed by atoms with E-state index in [9.17, 15) is 14.4 Å². The predicted molar refractivity (Wildman–Crippen MR) is 114 cm³/mol. The highest BCUT2D eigenvalue weighted by Gasteiger charge is 2.17.